The molecule has 1 aromatic rings. The SMILES string of the molecule is CC(=O)Oc1ccc(NCC(O)CCl)cc1F. The smallest absolute Gasteiger partial charge is 0.308 e. The molecule has 0 heterocycles. The van der Waals surface area contributed by atoms with Gasteiger partial charge in [0, 0.05) is 25.2 Å². The van der Waals surface area contributed by atoms with Crippen molar-refractivity contribution in [2.24, 2.45) is 0 Å². The number of alkyl halides is 1. The molecule has 0 fully saturated rings. The highest BCUT2D eigenvalue weighted by Gasteiger charge is 2.08. The standard InChI is InChI=1S/C11H13ClFNO3/c1-7(15)17-11-3-2-8(4-10(11)13)14-6-9(16)5-12/h2-4,9,14,16H,5-6H2,1H3. The molecular formula is C11H13ClFNO3. The fraction of sp³-hybridized carbons (Fsp3) is 0.364. The van der Waals surface area contributed by atoms with E-state index >= 15 is 0 Å². The van der Waals surface area contributed by atoms with E-state index in [4.69, 9.17) is 11.6 Å². The minimum atomic E-state index is -0.701. The summed E-state index contributed by atoms with van der Waals surface area (Å²) in [6.07, 6.45) is -0.701. The van der Waals surface area contributed by atoms with Gasteiger partial charge in [-0.1, -0.05) is 0 Å². The van der Waals surface area contributed by atoms with Gasteiger partial charge in [0.25, 0.3) is 0 Å². The Kier molecular flexibility index (Phi) is 5.18. The quantitative estimate of drug-likeness (QED) is 0.482. The van der Waals surface area contributed by atoms with Crippen LogP contribution in [0.15, 0.2) is 18.2 Å². The normalized spacial score (nSPS) is 12.0. The Labute approximate surface area is 103 Å². The Morgan fingerprint density at radius 1 is 1.65 bits per heavy atom. The monoisotopic (exact) mass is 261 g/mol. The van der Waals surface area contributed by atoms with E-state index in [1.807, 2.05) is 0 Å². The van der Waals surface area contributed by atoms with Gasteiger partial charge in [-0.15, -0.1) is 11.6 Å². The lowest BCUT2D eigenvalue weighted by atomic mass is 10.2. The second kappa shape index (κ2) is 6.42. The summed E-state index contributed by atoms with van der Waals surface area (Å²) < 4.78 is 18.0. The van der Waals surface area contributed by atoms with Crippen LogP contribution in [0.5, 0.6) is 5.75 Å². The minimum Gasteiger partial charge on any atom is -0.424 e. The average molecular weight is 262 g/mol. The Morgan fingerprint density at radius 3 is 2.88 bits per heavy atom. The molecule has 6 heteroatoms. The lowest BCUT2D eigenvalue weighted by molar-refractivity contribution is -0.132. The first-order valence-corrected chi connectivity index (χ1v) is 5.52. The van der Waals surface area contributed by atoms with Crippen molar-refractivity contribution >= 4 is 23.3 Å². The molecule has 0 bridgehead atoms. The van der Waals surface area contributed by atoms with Crippen molar-refractivity contribution in [1.82, 2.24) is 0 Å². The van der Waals surface area contributed by atoms with Gasteiger partial charge in [0.2, 0.25) is 0 Å². The van der Waals surface area contributed by atoms with Crippen molar-refractivity contribution < 1.29 is 19.0 Å². The third-order valence-corrected chi connectivity index (χ3v) is 2.26. The number of rotatable bonds is 5. The highest BCUT2D eigenvalue weighted by molar-refractivity contribution is 6.18. The summed E-state index contributed by atoms with van der Waals surface area (Å²) in [6, 6.07) is 4.06. The van der Waals surface area contributed by atoms with Gasteiger partial charge in [-0.25, -0.2) is 4.39 Å². The van der Waals surface area contributed by atoms with E-state index in [0.29, 0.717) is 5.69 Å². The van der Waals surface area contributed by atoms with E-state index in [2.05, 4.69) is 10.1 Å². The van der Waals surface area contributed by atoms with Gasteiger partial charge in [0.05, 0.1) is 12.0 Å². The lowest BCUT2D eigenvalue weighted by Gasteiger charge is -2.11. The van der Waals surface area contributed by atoms with Gasteiger partial charge in [0.1, 0.15) is 0 Å². The largest absolute Gasteiger partial charge is 0.424 e. The van der Waals surface area contributed by atoms with E-state index in [1.54, 1.807) is 6.07 Å². The second-order valence-corrected chi connectivity index (χ2v) is 3.74. The molecule has 1 unspecified atom stereocenters. The number of hydrogen-bond donors (Lipinski definition) is 2. The van der Waals surface area contributed by atoms with Crippen LogP contribution < -0.4 is 10.1 Å². The first kappa shape index (κ1) is 13.7. The summed E-state index contributed by atoms with van der Waals surface area (Å²) in [6.45, 7) is 1.41. The Hall–Kier alpha value is -1.33. The average Bonchev–Trinajstić information content (AvgIpc) is 2.28. The molecule has 0 saturated heterocycles. The minimum absolute atomic E-state index is 0.0982. The van der Waals surface area contributed by atoms with Crippen LogP contribution in [0.2, 0.25) is 0 Å². The van der Waals surface area contributed by atoms with Crippen LogP contribution in [-0.2, 0) is 4.79 Å². The Bertz CT molecular complexity index is 400. The molecule has 0 aliphatic heterocycles. The van der Waals surface area contributed by atoms with E-state index in [-0.39, 0.29) is 18.2 Å². The molecule has 0 amide bonds. The highest BCUT2D eigenvalue weighted by Crippen LogP contribution is 2.21. The van der Waals surface area contributed by atoms with E-state index in [0.717, 1.165) is 0 Å². The van der Waals surface area contributed by atoms with Crippen LogP contribution in [0.4, 0.5) is 10.1 Å². The predicted octanol–water partition coefficient (Wildman–Crippen LogP) is 1.76. The van der Waals surface area contributed by atoms with Gasteiger partial charge in [-0.3, -0.25) is 4.79 Å². The molecule has 0 aromatic heterocycles. The van der Waals surface area contributed by atoms with Crippen LogP contribution in [0.3, 0.4) is 0 Å². The summed E-state index contributed by atoms with van der Waals surface area (Å²) in [7, 11) is 0. The number of esters is 1. The van der Waals surface area contributed by atoms with Crippen molar-refractivity contribution in [3.8, 4) is 5.75 Å². The summed E-state index contributed by atoms with van der Waals surface area (Å²) in [5.41, 5.74) is 0.475. The van der Waals surface area contributed by atoms with Crippen LogP contribution in [0.25, 0.3) is 0 Å². The molecule has 0 saturated carbocycles. The number of halogens is 2. The fourth-order valence-electron chi connectivity index (χ4n) is 1.14. The maximum absolute atomic E-state index is 13.4. The fourth-order valence-corrected chi connectivity index (χ4v) is 1.25. The van der Waals surface area contributed by atoms with Gasteiger partial charge < -0.3 is 15.2 Å². The summed E-state index contributed by atoms with van der Waals surface area (Å²) in [5, 5.41) is 12.0. The number of nitrogens with one attached hydrogen (secondary N) is 1. The summed E-state index contributed by atoms with van der Waals surface area (Å²) >= 11 is 5.41. The van der Waals surface area contributed by atoms with Crippen molar-refractivity contribution in [2.75, 3.05) is 17.7 Å². The Balaban J connectivity index is 2.65. The molecule has 4 nitrogen and oxygen atoms in total. The molecule has 0 aliphatic carbocycles. The third-order valence-electron chi connectivity index (χ3n) is 1.91. The molecule has 1 atom stereocenters. The van der Waals surface area contributed by atoms with Gasteiger partial charge in [-0.05, 0) is 12.1 Å². The third kappa shape index (κ3) is 4.58. The molecule has 0 radical (unpaired) electrons. The highest BCUT2D eigenvalue weighted by atomic mass is 35.5. The molecule has 1 rings (SSSR count). The number of hydrogen-bond acceptors (Lipinski definition) is 4. The van der Waals surface area contributed by atoms with Crippen LogP contribution >= 0.6 is 11.6 Å². The van der Waals surface area contributed by atoms with Crippen LogP contribution in [-0.4, -0.2) is 29.6 Å². The number of carbonyl (C=O) groups excluding carboxylic acids is 1. The van der Waals surface area contributed by atoms with Crippen LogP contribution in [0, 0.1) is 5.82 Å². The van der Waals surface area contributed by atoms with E-state index < -0.39 is 17.9 Å². The van der Waals surface area contributed by atoms with Gasteiger partial charge in [0.15, 0.2) is 11.6 Å². The molecule has 0 aliphatic rings. The first-order chi connectivity index (χ1) is 8.02. The van der Waals surface area contributed by atoms with Crippen molar-refractivity contribution in [3.05, 3.63) is 24.0 Å². The second-order valence-electron chi connectivity index (χ2n) is 3.43. The number of ether oxygens (including phenoxy) is 1. The van der Waals surface area contributed by atoms with E-state index in [9.17, 15) is 14.3 Å². The number of aliphatic hydroxyl groups excluding tert-OH is 1. The topological polar surface area (TPSA) is 58.6 Å². The zero-order valence-electron chi connectivity index (χ0n) is 9.24. The number of anilines is 1. The molecular weight excluding hydrogens is 249 g/mol. The molecule has 94 valence electrons. The summed E-state index contributed by atoms with van der Waals surface area (Å²) in [5.74, 6) is -1.25. The molecule has 0 spiro atoms. The Morgan fingerprint density at radius 2 is 2.35 bits per heavy atom. The lowest BCUT2D eigenvalue weighted by Crippen LogP contribution is -2.20. The van der Waals surface area contributed by atoms with Gasteiger partial charge in [-0.2, -0.15) is 0 Å². The zero-order valence-corrected chi connectivity index (χ0v) is 10.00. The van der Waals surface area contributed by atoms with E-state index in [1.165, 1.54) is 19.1 Å². The van der Waals surface area contributed by atoms with Crippen LogP contribution in [0.1, 0.15) is 6.92 Å². The van der Waals surface area contributed by atoms with Crippen molar-refractivity contribution in [1.29, 1.82) is 0 Å². The first-order valence-electron chi connectivity index (χ1n) is 4.98. The predicted molar refractivity (Wildman–Crippen MR) is 62.9 cm³/mol. The molecule has 1 aromatic carbocycles. The maximum atomic E-state index is 13.4. The molecule has 17 heavy (non-hydrogen) atoms. The zero-order chi connectivity index (χ0) is 12.8. The van der Waals surface area contributed by atoms with Gasteiger partial charge >= 0.3 is 5.97 Å². The number of aliphatic hydroxyl groups is 1. The van der Waals surface area contributed by atoms with Crippen molar-refractivity contribution in [2.45, 2.75) is 13.0 Å². The number of carbonyl (C=O) groups is 1. The molecule has 2 N–H and O–H groups in total. The summed E-state index contributed by atoms with van der Waals surface area (Å²) in [4.78, 5) is 10.7. The van der Waals surface area contributed by atoms with Crippen molar-refractivity contribution in [3.63, 3.8) is 0 Å². The maximum Gasteiger partial charge on any atom is 0.308 e. The number of benzene rings is 1.